The van der Waals surface area contributed by atoms with Gasteiger partial charge < -0.3 is 0 Å². The molecule has 0 aromatic rings. The van der Waals surface area contributed by atoms with Crippen LogP contribution in [0, 0.1) is 0 Å². The van der Waals surface area contributed by atoms with Gasteiger partial charge in [-0.2, -0.15) is 0 Å². The zero-order valence-electron chi connectivity index (χ0n) is 15.7. The summed E-state index contributed by atoms with van der Waals surface area (Å²) >= 11 is 0. The lowest BCUT2D eigenvalue weighted by atomic mass is 10.3. The average molecular weight is 281 g/mol. The summed E-state index contributed by atoms with van der Waals surface area (Å²) in [5, 5.41) is 0. The van der Waals surface area contributed by atoms with Crippen molar-refractivity contribution in [3.05, 3.63) is 48.1 Å². The van der Waals surface area contributed by atoms with Crippen molar-refractivity contribution in [3.63, 3.8) is 0 Å². The first-order chi connectivity index (χ1) is 9.51. The van der Waals surface area contributed by atoms with Crippen LogP contribution in [0.1, 0.15) is 81.6 Å². The molecule has 0 aliphatic heterocycles. The first-order valence-electron chi connectivity index (χ1n) is 7.91. The lowest BCUT2D eigenvalue weighted by Gasteiger charge is -1.76. The van der Waals surface area contributed by atoms with Crippen LogP contribution in [0.25, 0.3) is 0 Å². The van der Waals surface area contributed by atoms with Crippen molar-refractivity contribution in [2.45, 2.75) is 81.6 Å². The van der Waals surface area contributed by atoms with Gasteiger partial charge in [0.15, 0.2) is 0 Å². The van der Waals surface area contributed by atoms with E-state index >= 15 is 0 Å². The van der Waals surface area contributed by atoms with Gasteiger partial charge in [0.1, 0.15) is 0 Å². The fourth-order valence-corrected chi connectivity index (χ4v) is 0.569. The summed E-state index contributed by atoms with van der Waals surface area (Å²) in [6.07, 6.45) is 18.2. The first kappa shape index (κ1) is 27.3. The second kappa shape index (κ2) is 36.1. The lowest BCUT2D eigenvalue weighted by Crippen LogP contribution is -1.55. The topological polar surface area (TPSA) is 0 Å². The van der Waals surface area contributed by atoms with Crippen molar-refractivity contribution >= 4 is 0 Å². The minimum absolute atomic E-state index is 1.16. The predicted octanol–water partition coefficient (Wildman–Crippen LogP) is 7.89. The summed E-state index contributed by atoms with van der Waals surface area (Å²) in [4.78, 5) is 0. The third kappa shape index (κ3) is 89.2. The first-order valence-corrected chi connectivity index (χ1v) is 7.91. The Morgan fingerprint density at radius 2 is 1.10 bits per heavy atom. The summed E-state index contributed by atoms with van der Waals surface area (Å²) in [6, 6.07) is 0. The molecule has 0 aromatic carbocycles. The highest BCUT2D eigenvalue weighted by Crippen LogP contribution is 1.85. The molecule has 0 atom stereocenters. The zero-order valence-corrected chi connectivity index (χ0v) is 15.7. The van der Waals surface area contributed by atoms with Crippen LogP contribution < -0.4 is 0 Å². The minimum Gasteiger partial charge on any atom is -0.0919 e. The van der Waals surface area contributed by atoms with Crippen LogP contribution in [0.15, 0.2) is 48.1 Å². The van der Waals surface area contributed by atoms with Gasteiger partial charge in [0, 0.05) is 0 Å². The van der Waals surface area contributed by atoms with Gasteiger partial charge in [-0.3, -0.25) is 0 Å². The second-order valence-corrected chi connectivity index (χ2v) is 4.37. The highest BCUT2D eigenvalue weighted by atomic mass is 13.7. The molecule has 0 spiro atoms. The Balaban J connectivity index is -0.0000000862. The van der Waals surface area contributed by atoms with E-state index in [-0.39, 0.29) is 0 Å². The summed E-state index contributed by atoms with van der Waals surface area (Å²) in [5.74, 6) is 0. The van der Waals surface area contributed by atoms with E-state index in [0.29, 0.717) is 0 Å². The normalized spacial score (nSPS) is 9.25. The van der Waals surface area contributed by atoms with E-state index < -0.39 is 0 Å². The van der Waals surface area contributed by atoms with Crippen LogP contribution >= 0.6 is 0 Å². The number of rotatable bonds is 3. The number of hydrogen-bond acceptors (Lipinski definition) is 0. The largest absolute Gasteiger partial charge is 0.0919 e. The van der Waals surface area contributed by atoms with Crippen LogP contribution in [-0.4, -0.2) is 0 Å². The zero-order chi connectivity index (χ0) is 16.6. The number of hydrogen-bond donors (Lipinski definition) is 0. The number of unbranched alkanes of at least 4 members (excludes halogenated alkanes) is 1. The molecule has 0 rings (SSSR count). The standard InChI is InChI=1S/C6H12.2C5H10.C4H8/c1-3-5-6-4-2;1-4-5(2)3;1-3-5-4-2;1-3-4-2/h3,5H,4,6H2,1-2H3;4H,1-3H3;3,5H,4H2,1-2H3;3-4H,1-2H3/b5-3+;;;. The minimum atomic E-state index is 1.16. The average Bonchev–Trinajstić information content (AvgIpc) is 2.47. The quantitative estimate of drug-likeness (QED) is 0.461. The third-order valence-corrected chi connectivity index (χ3v) is 2.07. The molecule has 0 fully saturated rings. The molecule has 0 saturated carbocycles. The summed E-state index contributed by atoms with van der Waals surface area (Å²) < 4.78 is 0. The Labute approximate surface area is 130 Å². The molecular weight excluding hydrogens is 240 g/mol. The van der Waals surface area contributed by atoms with E-state index in [4.69, 9.17) is 0 Å². The molecule has 0 aliphatic rings. The van der Waals surface area contributed by atoms with Crippen molar-refractivity contribution < 1.29 is 0 Å². The molecule has 0 radical (unpaired) electrons. The van der Waals surface area contributed by atoms with Crippen LogP contribution in [0.2, 0.25) is 0 Å². The van der Waals surface area contributed by atoms with E-state index in [2.05, 4.69) is 65.0 Å². The molecular formula is C20H40. The monoisotopic (exact) mass is 280 g/mol. The van der Waals surface area contributed by atoms with E-state index in [0.717, 1.165) is 6.42 Å². The Hall–Kier alpha value is -1.04. The lowest BCUT2D eigenvalue weighted by molar-refractivity contribution is 0.957. The molecule has 0 amide bonds. The molecule has 0 unspecified atom stereocenters. The molecule has 0 N–H and O–H groups in total. The van der Waals surface area contributed by atoms with Gasteiger partial charge in [0.25, 0.3) is 0 Å². The van der Waals surface area contributed by atoms with Crippen molar-refractivity contribution in [1.82, 2.24) is 0 Å². The third-order valence-electron chi connectivity index (χ3n) is 2.07. The SMILES string of the molecule is C/C=C/CCC.CC=C(C)C.CC=CC.CC=CCC. The van der Waals surface area contributed by atoms with Crippen molar-refractivity contribution in [2.24, 2.45) is 0 Å². The summed E-state index contributed by atoms with van der Waals surface area (Å²) in [6.45, 7) is 18.6. The highest BCUT2D eigenvalue weighted by Gasteiger charge is 1.64. The van der Waals surface area contributed by atoms with Crippen LogP contribution in [-0.2, 0) is 0 Å². The van der Waals surface area contributed by atoms with Gasteiger partial charge in [0.2, 0.25) is 0 Å². The van der Waals surface area contributed by atoms with Gasteiger partial charge in [0.05, 0.1) is 0 Å². The molecule has 120 valence electrons. The van der Waals surface area contributed by atoms with Crippen LogP contribution in [0.5, 0.6) is 0 Å². The predicted molar refractivity (Wildman–Crippen MR) is 100 cm³/mol. The fraction of sp³-hybridized carbons (Fsp3) is 0.600. The molecule has 0 nitrogen and oxygen atoms in total. The highest BCUT2D eigenvalue weighted by molar-refractivity contribution is 4.88. The molecule has 0 saturated heterocycles. The number of allylic oxidation sites excluding steroid dienone is 8. The maximum atomic E-state index is 2.18. The molecule has 0 heteroatoms. The van der Waals surface area contributed by atoms with Crippen LogP contribution in [0.4, 0.5) is 0 Å². The van der Waals surface area contributed by atoms with Crippen molar-refractivity contribution in [2.75, 3.05) is 0 Å². The van der Waals surface area contributed by atoms with Gasteiger partial charge >= 0.3 is 0 Å². The molecule has 0 aromatic heterocycles. The van der Waals surface area contributed by atoms with E-state index in [1.807, 2.05) is 39.8 Å². The molecule has 0 heterocycles. The van der Waals surface area contributed by atoms with Gasteiger partial charge in [-0.15, -0.1) is 0 Å². The Kier molecular flexibility index (Phi) is 49.3. The van der Waals surface area contributed by atoms with Crippen molar-refractivity contribution in [3.8, 4) is 0 Å². The van der Waals surface area contributed by atoms with Crippen molar-refractivity contribution in [1.29, 1.82) is 0 Å². The van der Waals surface area contributed by atoms with Gasteiger partial charge in [-0.1, -0.05) is 68.4 Å². The van der Waals surface area contributed by atoms with Gasteiger partial charge in [-0.05, 0) is 61.3 Å². The Morgan fingerprint density at radius 1 is 0.700 bits per heavy atom. The molecule has 0 aliphatic carbocycles. The molecule has 20 heavy (non-hydrogen) atoms. The summed E-state index contributed by atoms with van der Waals surface area (Å²) in [5.41, 5.74) is 1.38. The van der Waals surface area contributed by atoms with Gasteiger partial charge in [-0.25, -0.2) is 0 Å². The second-order valence-electron chi connectivity index (χ2n) is 4.37. The smallest absolute Gasteiger partial charge is 0.0353 e. The van der Waals surface area contributed by atoms with E-state index in [1.54, 1.807) is 0 Å². The van der Waals surface area contributed by atoms with E-state index in [9.17, 15) is 0 Å². The van der Waals surface area contributed by atoms with Crippen LogP contribution in [0.3, 0.4) is 0 Å². The van der Waals surface area contributed by atoms with E-state index in [1.165, 1.54) is 18.4 Å². The Morgan fingerprint density at radius 3 is 1.15 bits per heavy atom. The fourth-order valence-electron chi connectivity index (χ4n) is 0.569. The summed E-state index contributed by atoms with van der Waals surface area (Å²) in [7, 11) is 0. The molecule has 0 bridgehead atoms. The maximum absolute atomic E-state index is 2.18. The Bertz CT molecular complexity index is 218. The maximum Gasteiger partial charge on any atom is -0.0353 e.